The highest BCUT2D eigenvalue weighted by atomic mass is 16.1. The van der Waals surface area contributed by atoms with Crippen molar-refractivity contribution in [1.82, 2.24) is 0 Å². The lowest BCUT2D eigenvalue weighted by Gasteiger charge is -2.09. The fourth-order valence-corrected chi connectivity index (χ4v) is 2.65. The van der Waals surface area contributed by atoms with E-state index in [0.717, 1.165) is 16.7 Å². The zero-order valence-electron chi connectivity index (χ0n) is 14.5. The van der Waals surface area contributed by atoms with Gasteiger partial charge in [-0.15, -0.1) is 0 Å². The number of rotatable bonds is 5. The zero-order valence-corrected chi connectivity index (χ0v) is 14.5. The maximum absolute atomic E-state index is 12.5. The van der Waals surface area contributed by atoms with Crippen molar-refractivity contribution in [2.75, 3.05) is 0 Å². The van der Waals surface area contributed by atoms with Crippen molar-refractivity contribution in [3.8, 4) is 11.8 Å². The van der Waals surface area contributed by atoms with E-state index in [0.29, 0.717) is 6.42 Å². The normalized spacial score (nSPS) is 11.5. The molecule has 0 spiro atoms. The SMILES string of the molecule is O=C(/C=C/c1ccccc1)CC(C#Cc1ccccc1)c1ccccc1. The first-order valence-electron chi connectivity index (χ1n) is 8.69. The van der Waals surface area contributed by atoms with E-state index < -0.39 is 0 Å². The lowest BCUT2D eigenvalue weighted by atomic mass is 9.93. The van der Waals surface area contributed by atoms with Crippen LogP contribution in [0.5, 0.6) is 0 Å². The van der Waals surface area contributed by atoms with Crippen LogP contribution in [-0.2, 0) is 4.79 Å². The Bertz CT molecular complexity index is 913. The number of hydrogen-bond acceptors (Lipinski definition) is 1. The van der Waals surface area contributed by atoms with Gasteiger partial charge in [0.1, 0.15) is 0 Å². The minimum Gasteiger partial charge on any atom is -0.295 e. The summed E-state index contributed by atoms with van der Waals surface area (Å²) in [5.41, 5.74) is 3.05. The summed E-state index contributed by atoms with van der Waals surface area (Å²) in [7, 11) is 0. The Morgan fingerprint density at radius 1 is 0.808 bits per heavy atom. The van der Waals surface area contributed by atoms with E-state index in [1.807, 2.05) is 97.1 Å². The van der Waals surface area contributed by atoms with E-state index in [4.69, 9.17) is 0 Å². The highest BCUT2D eigenvalue weighted by molar-refractivity contribution is 5.94. The van der Waals surface area contributed by atoms with E-state index >= 15 is 0 Å². The van der Waals surface area contributed by atoms with Crippen molar-refractivity contribution in [2.45, 2.75) is 12.3 Å². The third-order valence-corrected chi connectivity index (χ3v) is 4.03. The second kappa shape index (κ2) is 9.20. The Morgan fingerprint density at radius 2 is 1.38 bits per heavy atom. The van der Waals surface area contributed by atoms with Gasteiger partial charge in [-0.05, 0) is 29.3 Å². The molecule has 0 aliphatic heterocycles. The highest BCUT2D eigenvalue weighted by Gasteiger charge is 2.12. The van der Waals surface area contributed by atoms with Crippen LogP contribution in [0, 0.1) is 11.8 Å². The number of carbonyl (C=O) groups excluding carboxylic acids is 1. The first-order valence-corrected chi connectivity index (χ1v) is 8.69. The van der Waals surface area contributed by atoms with Crippen LogP contribution in [0.1, 0.15) is 29.0 Å². The fraction of sp³-hybridized carbons (Fsp3) is 0.0800. The summed E-state index contributed by atoms with van der Waals surface area (Å²) in [6.07, 6.45) is 3.87. The van der Waals surface area contributed by atoms with E-state index in [-0.39, 0.29) is 11.7 Å². The molecule has 1 unspecified atom stereocenters. The summed E-state index contributed by atoms with van der Waals surface area (Å²) in [5.74, 6) is 6.43. The van der Waals surface area contributed by atoms with Crippen molar-refractivity contribution in [1.29, 1.82) is 0 Å². The predicted molar refractivity (Wildman–Crippen MR) is 108 cm³/mol. The van der Waals surface area contributed by atoms with Crippen LogP contribution in [0.4, 0.5) is 0 Å². The molecule has 0 saturated carbocycles. The predicted octanol–water partition coefficient (Wildman–Crippen LogP) is 5.49. The molecule has 0 heterocycles. The molecule has 3 aromatic carbocycles. The van der Waals surface area contributed by atoms with Crippen LogP contribution in [-0.4, -0.2) is 5.78 Å². The molecule has 0 aliphatic rings. The fourth-order valence-electron chi connectivity index (χ4n) is 2.65. The molecule has 0 bridgehead atoms. The summed E-state index contributed by atoms with van der Waals surface area (Å²) in [5, 5.41) is 0. The summed E-state index contributed by atoms with van der Waals surface area (Å²) < 4.78 is 0. The van der Waals surface area contributed by atoms with Gasteiger partial charge < -0.3 is 0 Å². The number of benzene rings is 3. The van der Waals surface area contributed by atoms with Gasteiger partial charge in [0, 0.05) is 12.0 Å². The Kier molecular flexibility index (Phi) is 6.18. The lowest BCUT2D eigenvalue weighted by Crippen LogP contribution is -2.03. The Labute approximate surface area is 155 Å². The van der Waals surface area contributed by atoms with Crippen molar-refractivity contribution < 1.29 is 4.79 Å². The molecule has 1 heteroatoms. The smallest absolute Gasteiger partial charge is 0.157 e. The van der Waals surface area contributed by atoms with Crippen LogP contribution < -0.4 is 0 Å². The zero-order chi connectivity index (χ0) is 18.0. The van der Waals surface area contributed by atoms with Crippen molar-refractivity contribution in [2.24, 2.45) is 0 Å². The number of hydrogen-bond donors (Lipinski definition) is 0. The molecule has 0 aliphatic carbocycles. The van der Waals surface area contributed by atoms with Crippen LogP contribution in [0.15, 0.2) is 97.1 Å². The van der Waals surface area contributed by atoms with E-state index in [1.165, 1.54) is 0 Å². The second-order valence-electron chi connectivity index (χ2n) is 6.01. The minimum absolute atomic E-state index is 0.0741. The molecule has 0 aromatic heterocycles. The van der Waals surface area contributed by atoms with Gasteiger partial charge in [-0.3, -0.25) is 4.79 Å². The van der Waals surface area contributed by atoms with Crippen LogP contribution >= 0.6 is 0 Å². The van der Waals surface area contributed by atoms with Gasteiger partial charge in [-0.1, -0.05) is 96.8 Å². The van der Waals surface area contributed by atoms with Gasteiger partial charge in [0.2, 0.25) is 0 Å². The minimum atomic E-state index is -0.121. The van der Waals surface area contributed by atoms with Gasteiger partial charge in [-0.25, -0.2) is 0 Å². The number of allylic oxidation sites excluding steroid dienone is 1. The monoisotopic (exact) mass is 336 g/mol. The molecule has 3 aromatic rings. The molecule has 0 N–H and O–H groups in total. The van der Waals surface area contributed by atoms with Gasteiger partial charge >= 0.3 is 0 Å². The summed E-state index contributed by atoms with van der Waals surface area (Å²) in [6.45, 7) is 0. The summed E-state index contributed by atoms with van der Waals surface area (Å²) in [6, 6.07) is 29.7. The Morgan fingerprint density at radius 3 is 2.04 bits per heavy atom. The third-order valence-electron chi connectivity index (χ3n) is 4.03. The molecular formula is C25H20O. The molecule has 0 saturated heterocycles. The molecule has 0 amide bonds. The van der Waals surface area contributed by atoms with Crippen molar-refractivity contribution in [3.05, 3.63) is 114 Å². The van der Waals surface area contributed by atoms with Gasteiger partial charge in [0.05, 0.1) is 5.92 Å². The second-order valence-corrected chi connectivity index (χ2v) is 6.01. The largest absolute Gasteiger partial charge is 0.295 e. The quantitative estimate of drug-likeness (QED) is 0.444. The van der Waals surface area contributed by atoms with Crippen molar-refractivity contribution >= 4 is 11.9 Å². The first kappa shape index (κ1) is 17.5. The van der Waals surface area contributed by atoms with Gasteiger partial charge in [0.25, 0.3) is 0 Å². The average Bonchev–Trinajstić information content (AvgIpc) is 2.72. The molecule has 0 fully saturated rings. The average molecular weight is 336 g/mol. The van der Waals surface area contributed by atoms with Gasteiger partial charge in [0.15, 0.2) is 5.78 Å². The number of carbonyl (C=O) groups is 1. The first-order chi connectivity index (χ1) is 12.8. The summed E-state index contributed by atoms with van der Waals surface area (Å²) in [4.78, 5) is 12.5. The molecule has 126 valence electrons. The summed E-state index contributed by atoms with van der Waals surface area (Å²) >= 11 is 0. The van der Waals surface area contributed by atoms with E-state index in [2.05, 4.69) is 11.8 Å². The maximum atomic E-state index is 12.5. The van der Waals surface area contributed by atoms with E-state index in [1.54, 1.807) is 6.08 Å². The van der Waals surface area contributed by atoms with Crippen LogP contribution in [0.25, 0.3) is 6.08 Å². The molecule has 26 heavy (non-hydrogen) atoms. The highest BCUT2D eigenvalue weighted by Crippen LogP contribution is 2.20. The Balaban J connectivity index is 1.77. The molecule has 1 atom stereocenters. The van der Waals surface area contributed by atoms with Crippen LogP contribution in [0.3, 0.4) is 0 Å². The standard InChI is InChI=1S/C25H20O/c26-25(19-17-22-12-6-2-7-13-22)20-24(23-14-8-3-9-15-23)18-16-21-10-4-1-5-11-21/h1-15,17,19,24H,20H2/b19-17+. The maximum Gasteiger partial charge on any atom is 0.157 e. The van der Waals surface area contributed by atoms with Crippen molar-refractivity contribution in [3.63, 3.8) is 0 Å². The third kappa shape index (κ3) is 5.33. The van der Waals surface area contributed by atoms with E-state index in [9.17, 15) is 4.79 Å². The van der Waals surface area contributed by atoms with Crippen LogP contribution in [0.2, 0.25) is 0 Å². The molecule has 3 rings (SSSR count). The topological polar surface area (TPSA) is 17.1 Å². The molecular weight excluding hydrogens is 316 g/mol. The Hall–Kier alpha value is -3.37. The van der Waals surface area contributed by atoms with Gasteiger partial charge in [-0.2, -0.15) is 0 Å². The lowest BCUT2D eigenvalue weighted by molar-refractivity contribution is -0.114. The molecule has 0 radical (unpaired) electrons. The number of ketones is 1. The molecule has 1 nitrogen and oxygen atoms in total.